The molecule has 1 aliphatic heterocycles. The number of rotatable bonds is 8. The highest BCUT2D eigenvalue weighted by atomic mass is 19.1. The molecule has 1 saturated heterocycles. The Hall–Kier alpha value is -1.66. The maximum atomic E-state index is 14.5. The molecule has 0 amide bonds. The molecule has 1 aliphatic carbocycles. The Morgan fingerprint density at radius 2 is 2.29 bits per heavy atom. The van der Waals surface area contributed by atoms with Crippen molar-refractivity contribution >= 4 is 5.76 Å². The first-order chi connectivity index (χ1) is 11.6. The lowest BCUT2D eigenvalue weighted by molar-refractivity contribution is -0.202. The molecule has 1 aromatic heterocycles. The van der Waals surface area contributed by atoms with E-state index < -0.39 is 5.82 Å². The highest BCUT2D eigenvalue weighted by Gasteiger charge is 2.47. The Kier molecular flexibility index (Phi) is 5.36. The molecule has 0 spiro atoms. The van der Waals surface area contributed by atoms with Gasteiger partial charge in [0.15, 0.2) is 12.1 Å². The molecule has 24 heavy (non-hydrogen) atoms. The molecule has 6 heteroatoms. The van der Waals surface area contributed by atoms with Crippen LogP contribution in [0.15, 0.2) is 18.8 Å². The fraction of sp³-hybridized carbons (Fsp3) is 0.611. The van der Waals surface area contributed by atoms with Gasteiger partial charge in [0.25, 0.3) is 5.88 Å². The lowest BCUT2D eigenvalue weighted by atomic mass is 10.2. The first kappa shape index (κ1) is 17.2. The molecule has 0 N–H and O–H groups in total. The average Bonchev–Trinajstić information content (AvgIpc) is 3.35. The largest absolute Gasteiger partial charge is 0.494 e. The van der Waals surface area contributed by atoms with Crippen molar-refractivity contribution in [3.63, 3.8) is 0 Å². The third kappa shape index (κ3) is 4.05. The van der Waals surface area contributed by atoms with Crippen LogP contribution in [-0.4, -0.2) is 36.7 Å². The number of pyridine rings is 1. The topological polar surface area (TPSA) is 49.8 Å². The van der Waals surface area contributed by atoms with Gasteiger partial charge < -0.3 is 18.9 Å². The molecular weight excluding hydrogens is 313 g/mol. The molecule has 1 saturated carbocycles. The minimum absolute atomic E-state index is 0.0483. The molecular formula is C18H24FNO4. The highest BCUT2D eigenvalue weighted by molar-refractivity contribution is 5.58. The van der Waals surface area contributed by atoms with Gasteiger partial charge >= 0.3 is 0 Å². The molecule has 1 aromatic rings. The number of hydrogen-bond donors (Lipinski definition) is 0. The zero-order chi connectivity index (χ0) is 17.0. The highest BCUT2D eigenvalue weighted by Crippen LogP contribution is 2.42. The molecule has 2 heterocycles. The molecule has 5 nitrogen and oxygen atoms in total. The Morgan fingerprint density at radius 3 is 2.96 bits per heavy atom. The van der Waals surface area contributed by atoms with E-state index in [0.29, 0.717) is 6.61 Å². The average molecular weight is 337 g/mol. The molecule has 0 radical (unpaired) electrons. The molecule has 0 bridgehead atoms. The van der Waals surface area contributed by atoms with Gasteiger partial charge in [-0.05, 0) is 45.1 Å². The van der Waals surface area contributed by atoms with Crippen LogP contribution in [0.5, 0.6) is 5.88 Å². The first-order valence-corrected chi connectivity index (χ1v) is 8.52. The number of nitrogens with zero attached hydrogens (tertiary/aromatic N) is 1. The van der Waals surface area contributed by atoms with Crippen LogP contribution in [0, 0.1) is 5.82 Å². The maximum Gasteiger partial charge on any atom is 0.251 e. The van der Waals surface area contributed by atoms with Crippen molar-refractivity contribution in [2.75, 3.05) is 19.8 Å². The van der Waals surface area contributed by atoms with Gasteiger partial charge in [-0.2, -0.15) is 0 Å². The van der Waals surface area contributed by atoms with Crippen molar-refractivity contribution < 1.29 is 23.3 Å². The van der Waals surface area contributed by atoms with E-state index in [1.807, 2.05) is 6.92 Å². The molecule has 3 rings (SSSR count). The summed E-state index contributed by atoms with van der Waals surface area (Å²) in [7, 11) is 0. The second kappa shape index (κ2) is 7.49. The standard InChI is InChI=1S/C18H24FNO4/c1-3-21-13(2)14-7-10-20-17(16(14)19)23-12-18(8-9-18)24-15-6-4-5-11-22-15/h7,10,15H,2-6,8-9,11-12H2,1H3. The van der Waals surface area contributed by atoms with Gasteiger partial charge in [-0.3, -0.25) is 0 Å². The molecule has 1 atom stereocenters. The van der Waals surface area contributed by atoms with Crippen molar-refractivity contribution in [2.45, 2.75) is 50.9 Å². The summed E-state index contributed by atoms with van der Waals surface area (Å²) in [5.41, 5.74) is -0.105. The van der Waals surface area contributed by atoms with Crippen molar-refractivity contribution in [1.29, 1.82) is 0 Å². The Bertz CT molecular complexity index is 582. The van der Waals surface area contributed by atoms with Gasteiger partial charge in [-0.15, -0.1) is 0 Å². The summed E-state index contributed by atoms with van der Waals surface area (Å²) < 4.78 is 37.0. The maximum absolute atomic E-state index is 14.5. The van der Waals surface area contributed by atoms with Gasteiger partial charge in [-0.1, -0.05) is 6.58 Å². The van der Waals surface area contributed by atoms with Crippen molar-refractivity contribution in [3.05, 3.63) is 30.2 Å². The van der Waals surface area contributed by atoms with Gasteiger partial charge in [0.1, 0.15) is 18.0 Å². The van der Waals surface area contributed by atoms with E-state index in [9.17, 15) is 4.39 Å². The fourth-order valence-electron chi connectivity index (χ4n) is 2.71. The predicted octanol–water partition coefficient (Wildman–Crippen LogP) is 3.68. The van der Waals surface area contributed by atoms with Crippen molar-refractivity contribution in [3.8, 4) is 5.88 Å². The van der Waals surface area contributed by atoms with Gasteiger partial charge in [0.2, 0.25) is 0 Å². The summed E-state index contributed by atoms with van der Waals surface area (Å²) in [5, 5.41) is 0. The van der Waals surface area contributed by atoms with Crippen molar-refractivity contribution in [1.82, 2.24) is 4.98 Å². The van der Waals surface area contributed by atoms with Gasteiger partial charge in [-0.25, -0.2) is 9.37 Å². The van der Waals surface area contributed by atoms with E-state index >= 15 is 0 Å². The Labute approximate surface area is 141 Å². The Morgan fingerprint density at radius 1 is 1.46 bits per heavy atom. The van der Waals surface area contributed by atoms with Crippen LogP contribution in [0.1, 0.15) is 44.6 Å². The van der Waals surface area contributed by atoms with E-state index in [0.717, 1.165) is 38.7 Å². The second-order valence-corrected chi connectivity index (χ2v) is 6.22. The summed E-state index contributed by atoms with van der Waals surface area (Å²) >= 11 is 0. The van der Waals surface area contributed by atoms with Gasteiger partial charge in [0.05, 0.1) is 12.2 Å². The van der Waals surface area contributed by atoms with Gasteiger partial charge in [0, 0.05) is 12.8 Å². The van der Waals surface area contributed by atoms with Crippen LogP contribution in [0.2, 0.25) is 0 Å². The number of aromatic nitrogens is 1. The summed E-state index contributed by atoms with van der Waals surface area (Å²) in [6.45, 7) is 6.98. The zero-order valence-electron chi connectivity index (χ0n) is 14.1. The van der Waals surface area contributed by atoms with E-state index in [1.54, 1.807) is 0 Å². The third-order valence-electron chi connectivity index (χ3n) is 4.28. The van der Waals surface area contributed by atoms with Crippen LogP contribution in [0.3, 0.4) is 0 Å². The molecule has 132 valence electrons. The normalized spacial score (nSPS) is 22.0. The SMILES string of the molecule is C=C(OCC)c1ccnc(OCC2(OC3CCCCO3)CC2)c1F. The fourth-order valence-corrected chi connectivity index (χ4v) is 2.71. The summed E-state index contributed by atoms with van der Waals surface area (Å²) in [6, 6.07) is 1.53. The second-order valence-electron chi connectivity index (χ2n) is 6.22. The zero-order valence-corrected chi connectivity index (χ0v) is 14.1. The lowest BCUT2D eigenvalue weighted by Crippen LogP contribution is -2.33. The minimum atomic E-state index is -0.555. The van der Waals surface area contributed by atoms with E-state index in [4.69, 9.17) is 18.9 Å². The lowest BCUT2D eigenvalue weighted by Gasteiger charge is -2.27. The van der Waals surface area contributed by atoms with Crippen LogP contribution < -0.4 is 4.74 Å². The Balaban J connectivity index is 1.60. The third-order valence-corrected chi connectivity index (χ3v) is 4.28. The van der Waals surface area contributed by atoms with E-state index in [-0.39, 0.29) is 35.7 Å². The first-order valence-electron chi connectivity index (χ1n) is 8.52. The number of hydrogen-bond acceptors (Lipinski definition) is 5. The molecule has 1 unspecified atom stereocenters. The van der Waals surface area contributed by atoms with Crippen LogP contribution in [-0.2, 0) is 14.2 Å². The smallest absolute Gasteiger partial charge is 0.251 e. The van der Waals surface area contributed by atoms with Crippen LogP contribution >= 0.6 is 0 Å². The molecule has 0 aromatic carbocycles. The van der Waals surface area contributed by atoms with E-state index in [1.165, 1.54) is 12.3 Å². The minimum Gasteiger partial charge on any atom is -0.494 e. The summed E-state index contributed by atoms with van der Waals surface area (Å²) in [4.78, 5) is 3.98. The van der Waals surface area contributed by atoms with Crippen LogP contribution in [0.4, 0.5) is 4.39 Å². The van der Waals surface area contributed by atoms with Crippen LogP contribution in [0.25, 0.3) is 5.76 Å². The quantitative estimate of drug-likeness (QED) is 0.677. The van der Waals surface area contributed by atoms with Crippen molar-refractivity contribution in [2.24, 2.45) is 0 Å². The number of halogens is 1. The van der Waals surface area contributed by atoms with E-state index in [2.05, 4.69) is 11.6 Å². The monoisotopic (exact) mass is 337 g/mol. The predicted molar refractivity (Wildman–Crippen MR) is 87.0 cm³/mol. The summed E-state index contributed by atoms with van der Waals surface area (Å²) in [6.07, 6.45) is 6.18. The molecule has 2 fully saturated rings. The molecule has 2 aliphatic rings. The summed E-state index contributed by atoms with van der Waals surface area (Å²) in [5.74, 6) is -0.330. The number of ether oxygens (including phenoxy) is 4.